The minimum atomic E-state index is -3.48. The zero-order valence-corrected chi connectivity index (χ0v) is 14.3. The maximum absolute atomic E-state index is 14.0. The number of hydrogen-bond donors (Lipinski definition) is 0. The van der Waals surface area contributed by atoms with Crippen molar-refractivity contribution in [2.24, 2.45) is 5.92 Å². The summed E-state index contributed by atoms with van der Waals surface area (Å²) in [5.41, 5.74) is 0.215. The second-order valence-electron chi connectivity index (χ2n) is 6.47. The van der Waals surface area contributed by atoms with Crippen LogP contribution in [-0.2, 0) is 14.6 Å². The summed E-state index contributed by atoms with van der Waals surface area (Å²) in [7, 11) is -3.48. The quantitative estimate of drug-likeness (QED) is 0.770. The van der Waals surface area contributed by atoms with E-state index in [1.165, 1.54) is 12.1 Å². The Kier molecular flexibility index (Phi) is 5.04. The molecule has 0 bridgehead atoms. The maximum atomic E-state index is 14.0. The Morgan fingerprint density at radius 3 is 2.62 bits per heavy atom. The Labute approximate surface area is 142 Å². The SMILES string of the molecule is O=C([C@H]1CC=CCC1)N1CC[C@@H](c2ccccc2F)S(=O)(=O)CC1. The molecule has 1 amide bonds. The van der Waals surface area contributed by atoms with Crippen molar-refractivity contribution in [2.45, 2.75) is 30.9 Å². The molecule has 3 rings (SSSR count). The van der Waals surface area contributed by atoms with E-state index in [1.807, 2.05) is 6.08 Å². The van der Waals surface area contributed by atoms with Crippen LogP contribution in [-0.4, -0.2) is 38.1 Å². The highest BCUT2D eigenvalue weighted by Crippen LogP contribution is 2.32. The number of benzene rings is 1. The van der Waals surface area contributed by atoms with Crippen LogP contribution >= 0.6 is 0 Å². The third-order valence-electron chi connectivity index (χ3n) is 4.92. The van der Waals surface area contributed by atoms with Gasteiger partial charge in [0, 0.05) is 24.6 Å². The summed E-state index contributed by atoms with van der Waals surface area (Å²) in [4.78, 5) is 14.3. The van der Waals surface area contributed by atoms with E-state index < -0.39 is 20.9 Å². The number of halogens is 1. The molecule has 1 saturated heterocycles. The van der Waals surface area contributed by atoms with Gasteiger partial charge in [0.05, 0.1) is 11.0 Å². The molecule has 0 unspecified atom stereocenters. The fourth-order valence-electron chi connectivity index (χ4n) is 3.53. The molecule has 0 aromatic heterocycles. The molecular formula is C18H22FNO3S. The first-order valence-electron chi connectivity index (χ1n) is 8.39. The predicted molar refractivity (Wildman–Crippen MR) is 90.6 cm³/mol. The van der Waals surface area contributed by atoms with Crippen molar-refractivity contribution >= 4 is 15.7 Å². The van der Waals surface area contributed by atoms with Crippen LogP contribution < -0.4 is 0 Å². The lowest BCUT2D eigenvalue weighted by molar-refractivity contribution is -0.135. The summed E-state index contributed by atoms with van der Waals surface area (Å²) < 4.78 is 39.2. The van der Waals surface area contributed by atoms with Gasteiger partial charge in [-0.3, -0.25) is 4.79 Å². The molecule has 0 radical (unpaired) electrons. The third-order valence-corrected chi connectivity index (χ3v) is 7.03. The van der Waals surface area contributed by atoms with Crippen LogP contribution in [0.15, 0.2) is 36.4 Å². The summed E-state index contributed by atoms with van der Waals surface area (Å²) in [6, 6.07) is 6.01. The number of hydrogen-bond acceptors (Lipinski definition) is 3. The Bertz CT molecular complexity index is 744. The van der Waals surface area contributed by atoms with Crippen molar-refractivity contribution in [1.82, 2.24) is 4.90 Å². The van der Waals surface area contributed by atoms with Crippen molar-refractivity contribution in [2.75, 3.05) is 18.8 Å². The van der Waals surface area contributed by atoms with Crippen LogP contribution in [0.1, 0.15) is 36.5 Å². The van der Waals surface area contributed by atoms with Gasteiger partial charge in [0.2, 0.25) is 5.91 Å². The van der Waals surface area contributed by atoms with E-state index in [2.05, 4.69) is 6.08 Å². The summed E-state index contributed by atoms with van der Waals surface area (Å²) in [5.74, 6) is -0.630. The summed E-state index contributed by atoms with van der Waals surface area (Å²) in [6.07, 6.45) is 6.76. The smallest absolute Gasteiger partial charge is 0.226 e. The molecule has 0 saturated carbocycles. The minimum Gasteiger partial charge on any atom is -0.341 e. The highest BCUT2D eigenvalue weighted by molar-refractivity contribution is 7.91. The number of carbonyl (C=O) groups is 1. The normalized spacial score (nSPS) is 26.8. The lowest BCUT2D eigenvalue weighted by Crippen LogP contribution is -2.38. The van der Waals surface area contributed by atoms with E-state index in [0.29, 0.717) is 6.54 Å². The van der Waals surface area contributed by atoms with Crippen molar-refractivity contribution < 1.29 is 17.6 Å². The molecule has 0 N–H and O–H groups in total. The molecule has 0 spiro atoms. The Morgan fingerprint density at radius 2 is 1.92 bits per heavy atom. The Balaban J connectivity index is 1.78. The summed E-state index contributed by atoms with van der Waals surface area (Å²) in [5, 5.41) is -0.872. The summed E-state index contributed by atoms with van der Waals surface area (Å²) in [6.45, 7) is 0.559. The van der Waals surface area contributed by atoms with Crippen molar-refractivity contribution in [3.05, 3.63) is 47.8 Å². The van der Waals surface area contributed by atoms with Gasteiger partial charge in [-0.25, -0.2) is 12.8 Å². The number of sulfone groups is 1. The minimum absolute atomic E-state index is 0.0312. The highest BCUT2D eigenvalue weighted by atomic mass is 32.2. The molecule has 2 atom stereocenters. The van der Waals surface area contributed by atoms with Crippen LogP contribution in [0.2, 0.25) is 0 Å². The van der Waals surface area contributed by atoms with Gasteiger partial charge in [-0.1, -0.05) is 30.4 Å². The van der Waals surface area contributed by atoms with E-state index in [0.717, 1.165) is 19.3 Å². The second-order valence-corrected chi connectivity index (χ2v) is 8.78. The van der Waals surface area contributed by atoms with Crippen LogP contribution in [0.5, 0.6) is 0 Å². The first-order valence-corrected chi connectivity index (χ1v) is 10.1. The number of carbonyl (C=O) groups excluding carboxylic acids is 1. The van der Waals surface area contributed by atoms with E-state index in [4.69, 9.17) is 0 Å². The standard InChI is InChI=1S/C18H22FNO3S/c19-16-9-5-4-8-15(16)17-10-11-20(12-13-24(17,22)23)18(21)14-6-2-1-3-7-14/h1-2,4-5,8-9,14,17H,3,6-7,10-13H2/t14-,17-/m0/s1. The Hall–Kier alpha value is -1.69. The van der Waals surface area contributed by atoms with Gasteiger partial charge in [0.15, 0.2) is 9.84 Å². The van der Waals surface area contributed by atoms with Gasteiger partial charge in [-0.05, 0) is 31.7 Å². The maximum Gasteiger partial charge on any atom is 0.226 e. The average Bonchev–Trinajstić information content (AvgIpc) is 2.74. The fraction of sp³-hybridized carbons (Fsp3) is 0.500. The van der Waals surface area contributed by atoms with E-state index in [9.17, 15) is 17.6 Å². The molecule has 2 aliphatic rings. The van der Waals surface area contributed by atoms with Crippen molar-refractivity contribution in [3.8, 4) is 0 Å². The fourth-order valence-corrected chi connectivity index (χ4v) is 5.33. The molecule has 1 aromatic carbocycles. The van der Waals surface area contributed by atoms with E-state index in [1.54, 1.807) is 17.0 Å². The predicted octanol–water partition coefficient (Wildman–Crippen LogP) is 2.87. The molecule has 1 aliphatic carbocycles. The average molecular weight is 351 g/mol. The van der Waals surface area contributed by atoms with Gasteiger partial charge in [0.1, 0.15) is 5.82 Å². The second kappa shape index (κ2) is 7.05. The number of nitrogens with zero attached hydrogens (tertiary/aromatic N) is 1. The van der Waals surface area contributed by atoms with Crippen LogP contribution in [0.3, 0.4) is 0 Å². The largest absolute Gasteiger partial charge is 0.341 e. The van der Waals surface area contributed by atoms with Gasteiger partial charge in [0.25, 0.3) is 0 Å². The van der Waals surface area contributed by atoms with Gasteiger partial charge < -0.3 is 4.90 Å². The molecule has 1 aromatic rings. The van der Waals surface area contributed by atoms with Crippen LogP contribution in [0.4, 0.5) is 4.39 Å². The molecule has 4 nitrogen and oxygen atoms in total. The number of amides is 1. The lowest BCUT2D eigenvalue weighted by Gasteiger charge is -2.26. The molecule has 24 heavy (non-hydrogen) atoms. The van der Waals surface area contributed by atoms with Gasteiger partial charge in [-0.15, -0.1) is 0 Å². The lowest BCUT2D eigenvalue weighted by atomic mass is 9.93. The number of rotatable bonds is 2. The monoisotopic (exact) mass is 351 g/mol. The number of allylic oxidation sites excluding steroid dienone is 2. The van der Waals surface area contributed by atoms with E-state index in [-0.39, 0.29) is 36.1 Å². The van der Waals surface area contributed by atoms with Gasteiger partial charge >= 0.3 is 0 Å². The van der Waals surface area contributed by atoms with Crippen molar-refractivity contribution in [1.29, 1.82) is 0 Å². The topological polar surface area (TPSA) is 54.5 Å². The molecule has 1 fully saturated rings. The zero-order chi connectivity index (χ0) is 17.2. The Morgan fingerprint density at radius 1 is 1.12 bits per heavy atom. The first-order chi connectivity index (χ1) is 11.5. The third kappa shape index (κ3) is 3.53. The van der Waals surface area contributed by atoms with Crippen LogP contribution in [0.25, 0.3) is 0 Å². The first kappa shape index (κ1) is 17.1. The zero-order valence-electron chi connectivity index (χ0n) is 13.5. The van der Waals surface area contributed by atoms with E-state index >= 15 is 0 Å². The molecule has 1 heterocycles. The summed E-state index contributed by atoms with van der Waals surface area (Å²) >= 11 is 0. The molecule has 1 aliphatic heterocycles. The molecular weight excluding hydrogens is 329 g/mol. The van der Waals surface area contributed by atoms with Gasteiger partial charge in [-0.2, -0.15) is 0 Å². The van der Waals surface area contributed by atoms with Crippen LogP contribution in [0, 0.1) is 11.7 Å². The molecule has 130 valence electrons. The van der Waals surface area contributed by atoms with Crippen molar-refractivity contribution in [3.63, 3.8) is 0 Å². The highest BCUT2D eigenvalue weighted by Gasteiger charge is 2.35. The molecule has 6 heteroatoms.